The molecule has 9 aromatic carbocycles. The van der Waals surface area contributed by atoms with Gasteiger partial charge in [0.05, 0.1) is 16.4 Å². The van der Waals surface area contributed by atoms with Crippen molar-refractivity contribution in [3.63, 3.8) is 0 Å². The second-order valence-corrected chi connectivity index (χ2v) is 21.4. The summed E-state index contributed by atoms with van der Waals surface area (Å²) in [5.41, 5.74) is 22.6. The largest absolute Gasteiger partial charge is 0.416 e. The zero-order chi connectivity index (χ0) is 50.7. The van der Waals surface area contributed by atoms with Crippen molar-refractivity contribution in [3.8, 4) is 67.4 Å². The topological polar surface area (TPSA) is 51.8 Å². The van der Waals surface area contributed by atoms with Crippen LogP contribution in [0.15, 0.2) is 241 Å². The maximum Gasteiger partial charge on any atom is 0.249 e. The van der Waals surface area contributed by atoms with Crippen LogP contribution in [0.3, 0.4) is 0 Å². The maximum absolute atomic E-state index is 6.56. The Hall–Kier alpha value is -8.73. The number of hydrogen-bond acceptors (Lipinski definition) is 4. The van der Waals surface area contributed by atoms with Gasteiger partial charge in [-0.1, -0.05) is 210 Å². The average molecular weight is 968 g/mol. The van der Waals surface area contributed by atoms with Crippen molar-refractivity contribution in [1.82, 2.24) is 15.2 Å². The van der Waals surface area contributed by atoms with Gasteiger partial charge in [-0.3, -0.25) is 4.98 Å². The Morgan fingerprint density at radius 3 is 1.13 bits per heavy atom. The van der Waals surface area contributed by atoms with Crippen LogP contribution < -0.4 is 0 Å². The van der Waals surface area contributed by atoms with Crippen LogP contribution >= 0.6 is 0 Å². The van der Waals surface area contributed by atoms with Crippen LogP contribution in [0, 0.1) is 11.8 Å². The molecule has 4 heteroatoms. The first-order chi connectivity index (χ1) is 36.8. The van der Waals surface area contributed by atoms with Gasteiger partial charge in [-0.25, -0.2) is 0 Å². The summed E-state index contributed by atoms with van der Waals surface area (Å²) in [5, 5.41) is 9.26. The van der Waals surface area contributed by atoms with Crippen molar-refractivity contribution in [2.75, 3.05) is 0 Å². The molecule has 0 saturated carbocycles. The molecule has 2 aliphatic rings. The molecule has 2 heterocycles. The second-order valence-electron chi connectivity index (χ2n) is 21.4. The third kappa shape index (κ3) is 7.69. The van der Waals surface area contributed by atoms with E-state index >= 15 is 0 Å². The first-order valence-corrected chi connectivity index (χ1v) is 26.5. The summed E-state index contributed by atoms with van der Waals surface area (Å²) in [6.45, 7) is 9.16. The molecule has 0 spiro atoms. The van der Waals surface area contributed by atoms with Gasteiger partial charge in [0, 0.05) is 18.0 Å². The summed E-state index contributed by atoms with van der Waals surface area (Å²) in [4.78, 5) is 4.35. The van der Waals surface area contributed by atoms with E-state index < -0.39 is 10.8 Å². The summed E-state index contributed by atoms with van der Waals surface area (Å²) in [7, 11) is 0. The Kier molecular flexibility index (Phi) is 11.5. The van der Waals surface area contributed by atoms with Crippen LogP contribution in [0.4, 0.5) is 0 Å². The zero-order valence-electron chi connectivity index (χ0n) is 42.8. The lowest BCUT2D eigenvalue weighted by Gasteiger charge is -2.34. The molecule has 2 aromatic heterocycles. The highest BCUT2D eigenvalue weighted by Gasteiger charge is 2.47. The van der Waals surface area contributed by atoms with Crippen molar-refractivity contribution < 1.29 is 4.42 Å². The summed E-state index contributed by atoms with van der Waals surface area (Å²) >= 11 is 0. The number of benzene rings is 9. The Bertz CT molecular complexity index is 3600. The molecule has 362 valence electrons. The number of pyridine rings is 1. The molecule has 0 bridgehead atoms. The smallest absolute Gasteiger partial charge is 0.249 e. The molecule has 0 atom stereocenters. The van der Waals surface area contributed by atoms with E-state index in [4.69, 9.17) is 9.52 Å². The fraction of sp³-hybridized carbons (Fsp3) is 0.141. The molecule has 0 radical (unpaired) electrons. The first-order valence-electron chi connectivity index (χ1n) is 26.5. The third-order valence-corrected chi connectivity index (χ3v) is 15.7. The summed E-state index contributed by atoms with van der Waals surface area (Å²) in [6.07, 6.45) is 5.58. The van der Waals surface area contributed by atoms with Gasteiger partial charge in [0.2, 0.25) is 11.8 Å². The quantitative estimate of drug-likeness (QED) is 0.122. The highest BCUT2D eigenvalue weighted by atomic mass is 16.4. The van der Waals surface area contributed by atoms with E-state index in [2.05, 4.69) is 250 Å². The number of nitrogens with zero attached hydrogens (tertiary/aromatic N) is 3. The Morgan fingerprint density at radius 1 is 0.347 bits per heavy atom. The highest BCUT2D eigenvalue weighted by Crippen LogP contribution is 2.58. The molecule has 11 aromatic rings. The highest BCUT2D eigenvalue weighted by molar-refractivity contribution is 5.89. The van der Waals surface area contributed by atoms with Gasteiger partial charge >= 0.3 is 0 Å². The molecule has 0 saturated heterocycles. The van der Waals surface area contributed by atoms with Crippen molar-refractivity contribution in [3.05, 3.63) is 292 Å². The molecular formula is C71H57N3O. The monoisotopic (exact) mass is 967 g/mol. The Balaban J connectivity index is 1.01. The number of hydrogen-bond donors (Lipinski definition) is 0. The lowest BCUT2D eigenvalue weighted by atomic mass is 9.67. The zero-order valence-corrected chi connectivity index (χ0v) is 42.8. The van der Waals surface area contributed by atoms with Crippen LogP contribution in [0.1, 0.15) is 83.3 Å². The van der Waals surface area contributed by atoms with Crippen molar-refractivity contribution >= 4 is 0 Å². The predicted octanol–water partition coefficient (Wildman–Crippen LogP) is 17.3. The molecule has 75 heavy (non-hydrogen) atoms. The minimum absolute atomic E-state index is 0.425. The van der Waals surface area contributed by atoms with Crippen LogP contribution in [0.2, 0.25) is 0 Å². The summed E-state index contributed by atoms with van der Waals surface area (Å²) < 4.78 is 6.56. The number of fused-ring (bicyclic) bond motifs is 6. The van der Waals surface area contributed by atoms with Crippen LogP contribution in [0.25, 0.3) is 67.4 Å². The number of aromatic nitrogens is 3. The molecular weight excluding hydrogens is 911 g/mol. The molecule has 0 amide bonds. The molecule has 2 aliphatic carbocycles. The van der Waals surface area contributed by atoms with E-state index in [1.165, 1.54) is 77.9 Å². The first kappa shape index (κ1) is 46.1. The predicted molar refractivity (Wildman–Crippen MR) is 306 cm³/mol. The standard InChI is InChI=1S/C71H57N3O/c1-46(2)38-48-29-33-56(34-30-48)70(64-25-9-5-21-60(64)61-22-6-10-26-65(61)70)58-19-13-16-50(43-58)53-40-54(42-55(41-53)69-74-73-68(75-69)52-18-15-37-72-45-52)51-17-14-20-59(44-51)71(57-35-31-49(32-36-57)39-47(3)4)66-27-11-7-23-62(66)63-24-8-12-28-67(63)71/h5-37,40-47H,38-39H2,1-4H3. The molecule has 0 aliphatic heterocycles. The minimum Gasteiger partial charge on any atom is -0.416 e. The van der Waals surface area contributed by atoms with E-state index in [1.807, 2.05) is 12.1 Å². The van der Waals surface area contributed by atoms with Crippen molar-refractivity contribution in [1.29, 1.82) is 0 Å². The van der Waals surface area contributed by atoms with Crippen LogP contribution in [-0.2, 0) is 23.7 Å². The van der Waals surface area contributed by atoms with Gasteiger partial charge in [0.15, 0.2) is 0 Å². The molecule has 0 N–H and O–H groups in total. The normalized spacial score (nSPS) is 13.6. The summed E-state index contributed by atoms with van der Waals surface area (Å²) in [6, 6.07) is 83.8. The van der Waals surface area contributed by atoms with Crippen molar-refractivity contribution in [2.24, 2.45) is 11.8 Å². The lowest BCUT2D eigenvalue weighted by Crippen LogP contribution is -2.28. The van der Waals surface area contributed by atoms with Gasteiger partial charge in [-0.05, 0) is 167 Å². The minimum atomic E-state index is -0.561. The van der Waals surface area contributed by atoms with E-state index in [9.17, 15) is 0 Å². The van der Waals surface area contributed by atoms with Gasteiger partial charge in [0.25, 0.3) is 0 Å². The Labute approximate surface area is 440 Å². The van der Waals surface area contributed by atoms with Gasteiger partial charge in [-0.15, -0.1) is 10.2 Å². The lowest BCUT2D eigenvalue weighted by molar-refractivity contribution is 0.584. The fourth-order valence-electron chi connectivity index (χ4n) is 12.7. The SMILES string of the molecule is CC(C)Cc1ccc(C2(c3cccc(-c4cc(-c5cccc(C6(c7ccc(CC(C)C)cc7)c7ccccc7-c7ccccc76)c5)cc(-c5nnc(-c6cccnc6)o5)c4)c3)c3ccccc3-c3ccccc32)cc1. The number of rotatable bonds is 12. The molecule has 4 nitrogen and oxygen atoms in total. The van der Waals surface area contributed by atoms with Crippen molar-refractivity contribution in [2.45, 2.75) is 51.4 Å². The van der Waals surface area contributed by atoms with Gasteiger partial charge in [-0.2, -0.15) is 0 Å². The second kappa shape index (κ2) is 18.6. The van der Waals surface area contributed by atoms with Gasteiger partial charge < -0.3 is 4.42 Å². The Morgan fingerprint density at radius 2 is 0.733 bits per heavy atom. The van der Waals surface area contributed by atoms with E-state index in [0.29, 0.717) is 23.6 Å². The van der Waals surface area contributed by atoms with Crippen LogP contribution in [-0.4, -0.2) is 15.2 Å². The fourth-order valence-corrected chi connectivity index (χ4v) is 12.7. The third-order valence-electron chi connectivity index (χ3n) is 15.7. The van der Waals surface area contributed by atoms with E-state index in [-0.39, 0.29) is 0 Å². The van der Waals surface area contributed by atoms with Gasteiger partial charge in [0.1, 0.15) is 0 Å². The maximum atomic E-state index is 6.56. The molecule has 0 unspecified atom stereocenters. The summed E-state index contributed by atoms with van der Waals surface area (Å²) in [5.74, 6) is 2.00. The average Bonchev–Trinajstić information content (AvgIpc) is 4.16. The molecule has 0 fully saturated rings. The van der Waals surface area contributed by atoms with E-state index in [0.717, 1.165) is 46.2 Å². The molecule has 13 rings (SSSR count). The van der Waals surface area contributed by atoms with Crippen LogP contribution in [0.5, 0.6) is 0 Å². The van der Waals surface area contributed by atoms with E-state index in [1.54, 1.807) is 12.4 Å².